The van der Waals surface area contributed by atoms with Crippen LogP contribution >= 0.6 is 0 Å². The third kappa shape index (κ3) is 13.0. The van der Waals surface area contributed by atoms with Gasteiger partial charge in [-0.05, 0) is 86.8 Å². The molecule has 1 unspecified atom stereocenters. The number of amides is 1. The molecule has 0 heterocycles. The van der Waals surface area contributed by atoms with Crippen molar-refractivity contribution in [2.24, 2.45) is 11.8 Å². The molecule has 0 bridgehead atoms. The minimum absolute atomic E-state index is 0.0668. The van der Waals surface area contributed by atoms with Gasteiger partial charge in [-0.25, -0.2) is 9.63 Å². The average molecular weight is 629 g/mol. The first-order chi connectivity index (χ1) is 21.6. The van der Waals surface area contributed by atoms with Crippen LogP contribution in [0.15, 0.2) is 66.7 Å². The fourth-order valence-electron chi connectivity index (χ4n) is 5.78. The lowest BCUT2D eigenvalue weighted by Crippen LogP contribution is -2.39. The highest BCUT2D eigenvalue weighted by Gasteiger charge is 2.40. The Morgan fingerprint density at radius 3 is 2.33 bits per heavy atom. The van der Waals surface area contributed by atoms with E-state index < -0.39 is 30.3 Å². The van der Waals surface area contributed by atoms with Crippen LogP contribution in [0.2, 0.25) is 0 Å². The van der Waals surface area contributed by atoms with E-state index in [0.29, 0.717) is 56.1 Å². The lowest BCUT2D eigenvalue weighted by atomic mass is 9.85. The van der Waals surface area contributed by atoms with Crippen LogP contribution in [0.4, 0.5) is 0 Å². The number of esters is 1. The molecule has 1 aliphatic carbocycles. The number of ether oxygens (including phenoxy) is 1. The number of hydrogen-bond acceptors (Lipinski definition) is 10. The number of aryl methyl sites for hydroxylation is 1. The highest BCUT2D eigenvalue weighted by atomic mass is 17.1. The highest BCUT2D eigenvalue weighted by molar-refractivity contribution is 5.84. The summed E-state index contributed by atoms with van der Waals surface area (Å²) in [6.07, 6.45) is 7.46. The van der Waals surface area contributed by atoms with Crippen molar-refractivity contribution < 1.29 is 44.9 Å². The van der Waals surface area contributed by atoms with Gasteiger partial charge in [0.2, 0.25) is 5.91 Å². The number of rotatable bonds is 19. The number of nitrogens with zero attached hydrogens (tertiary/aromatic N) is 1. The minimum atomic E-state index is -0.842. The van der Waals surface area contributed by atoms with Gasteiger partial charge in [0, 0.05) is 6.42 Å². The minimum Gasteiger partial charge on any atom is -0.459 e. The van der Waals surface area contributed by atoms with Crippen LogP contribution in [0, 0.1) is 11.8 Å². The molecule has 1 fully saturated rings. The summed E-state index contributed by atoms with van der Waals surface area (Å²) in [4.78, 5) is 29.4. The zero-order valence-corrected chi connectivity index (χ0v) is 25.9. The molecule has 1 aliphatic rings. The number of carbonyl (C=O) groups is 2. The van der Waals surface area contributed by atoms with Crippen molar-refractivity contribution >= 4 is 11.9 Å². The van der Waals surface area contributed by atoms with Gasteiger partial charge in [-0.3, -0.25) is 15.2 Å². The molecule has 0 saturated heterocycles. The molecule has 45 heavy (non-hydrogen) atoms. The number of aliphatic hydroxyl groups excluding tert-OH is 3. The zero-order valence-electron chi connectivity index (χ0n) is 25.9. The third-order valence-electron chi connectivity index (χ3n) is 8.37. The van der Waals surface area contributed by atoms with E-state index in [9.17, 15) is 24.9 Å². The first-order valence-electron chi connectivity index (χ1n) is 15.7. The highest BCUT2D eigenvalue weighted by Crippen LogP contribution is 2.38. The van der Waals surface area contributed by atoms with Gasteiger partial charge in [-0.2, -0.15) is 0 Å². The third-order valence-corrected chi connectivity index (χ3v) is 8.37. The van der Waals surface area contributed by atoms with Crippen molar-refractivity contribution in [2.75, 3.05) is 0 Å². The molecular weight excluding hydrogens is 580 g/mol. The van der Waals surface area contributed by atoms with E-state index in [-0.39, 0.29) is 42.8 Å². The molecule has 3 rings (SSSR count). The SMILES string of the molecule is CC(NC(=O)CCC/C=C\C[C@@H]1[C@@H](CC[C@@H](O)CCc2ccccc2)[C@H](O)C[C@@H]1O)C(=O)OCc1ccccc1CON(O)O. The molecule has 248 valence electrons. The Bertz CT molecular complexity index is 1190. The van der Waals surface area contributed by atoms with Gasteiger partial charge in [0.05, 0.1) is 30.3 Å². The van der Waals surface area contributed by atoms with E-state index in [1.807, 2.05) is 42.5 Å². The number of carbonyl (C=O) groups excluding carboxylic acids is 2. The first kappa shape index (κ1) is 36.3. The summed E-state index contributed by atoms with van der Waals surface area (Å²) in [5, 5.41) is 51.3. The quantitative estimate of drug-likeness (QED) is 0.0579. The number of aliphatic hydroxyl groups is 3. The van der Waals surface area contributed by atoms with Crippen LogP contribution in [0.1, 0.15) is 75.0 Å². The molecule has 11 heteroatoms. The van der Waals surface area contributed by atoms with E-state index in [0.717, 1.165) is 6.42 Å². The normalized spacial score (nSPS) is 21.2. The Morgan fingerprint density at radius 1 is 0.956 bits per heavy atom. The number of benzene rings is 2. The predicted octanol–water partition coefficient (Wildman–Crippen LogP) is 3.99. The van der Waals surface area contributed by atoms with Gasteiger partial charge < -0.3 is 25.4 Å². The Kier molecular flexibility index (Phi) is 15.6. The van der Waals surface area contributed by atoms with E-state index in [1.54, 1.807) is 31.2 Å². The van der Waals surface area contributed by atoms with E-state index in [2.05, 4.69) is 10.2 Å². The Labute approximate surface area is 265 Å². The summed E-state index contributed by atoms with van der Waals surface area (Å²) in [6, 6.07) is 16.1. The molecule has 0 radical (unpaired) electrons. The van der Waals surface area contributed by atoms with Crippen molar-refractivity contribution in [1.29, 1.82) is 0 Å². The molecule has 6 N–H and O–H groups in total. The Balaban J connectivity index is 1.32. The van der Waals surface area contributed by atoms with Gasteiger partial charge in [0.15, 0.2) is 0 Å². The van der Waals surface area contributed by atoms with E-state index in [4.69, 9.17) is 15.2 Å². The maximum Gasteiger partial charge on any atom is 0.328 e. The van der Waals surface area contributed by atoms with Crippen LogP contribution in [0.5, 0.6) is 0 Å². The molecule has 2 aromatic carbocycles. The summed E-state index contributed by atoms with van der Waals surface area (Å²) >= 11 is 0. The summed E-state index contributed by atoms with van der Waals surface area (Å²) < 4.78 is 5.32. The predicted molar refractivity (Wildman–Crippen MR) is 165 cm³/mol. The van der Waals surface area contributed by atoms with Crippen molar-refractivity contribution in [3.05, 3.63) is 83.4 Å². The topological polar surface area (TPSA) is 169 Å². The van der Waals surface area contributed by atoms with Gasteiger partial charge in [-0.1, -0.05) is 66.7 Å². The van der Waals surface area contributed by atoms with Gasteiger partial charge in [0.1, 0.15) is 12.6 Å². The summed E-state index contributed by atoms with van der Waals surface area (Å²) in [7, 11) is 0. The number of allylic oxidation sites excluding steroid dienone is 2. The second kappa shape index (κ2) is 19.4. The molecule has 0 aromatic heterocycles. The molecule has 6 atom stereocenters. The summed E-state index contributed by atoms with van der Waals surface area (Å²) in [5.41, 5.74) is 2.42. The summed E-state index contributed by atoms with van der Waals surface area (Å²) in [6.45, 7) is 1.35. The largest absolute Gasteiger partial charge is 0.459 e. The van der Waals surface area contributed by atoms with Crippen molar-refractivity contribution in [2.45, 2.75) is 102 Å². The average Bonchev–Trinajstić information content (AvgIpc) is 3.30. The summed E-state index contributed by atoms with van der Waals surface area (Å²) in [5.74, 6) is -1.02. The lowest BCUT2D eigenvalue weighted by Gasteiger charge is -2.23. The fraction of sp³-hybridized carbons (Fsp3) is 0.529. The van der Waals surface area contributed by atoms with Gasteiger partial charge in [-0.15, -0.1) is 0 Å². The standard InChI is InChI=1S/C34H48N2O9/c1-24(34(41)44-22-26-13-9-10-14-27(26)23-45-36(42)43)35-33(40)16-8-3-2-7-15-29-30(32(39)21-31(29)38)20-19-28(37)18-17-25-11-5-4-6-12-25/h2,4-7,9-14,24,28-32,37-39,42-43H,3,8,15-23H2,1H3,(H,35,40)/b7-2-/t24?,28-,29+,30+,31-,32+/m0/s1. The zero-order chi connectivity index (χ0) is 32.6. The van der Waals surface area contributed by atoms with Crippen molar-refractivity contribution in [3.8, 4) is 0 Å². The number of nitrogens with one attached hydrogen (secondary N) is 1. The first-order valence-corrected chi connectivity index (χ1v) is 15.7. The smallest absolute Gasteiger partial charge is 0.328 e. The van der Waals surface area contributed by atoms with Crippen LogP contribution in [-0.2, 0) is 38.8 Å². The maximum atomic E-state index is 12.4. The van der Waals surface area contributed by atoms with Crippen LogP contribution < -0.4 is 5.32 Å². The molecule has 0 spiro atoms. The molecule has 11 nitrogen and oxygen atoms in total. The number of unbranched alkanes of at least 4 members (excludes halogenated alkanes) is 1. The lowest BCUT2D eigenvalue weighted by molar-refractivity contribution is -0.497. The van der Waals surface area contributed by atoms with Crippen LogP contribution in [0.25, 0.3) is 0 Å². The second-order valence-corrected chi connectivity index (χ2v) is 11.7. The second-order valence-electron chi connectivity index (χ2n) is 11.7. The van der Waals surface area contributed by atoms with Crippen LogP contribution in [0.3, 0.4) is 0 Å². The molecule has 1 amide bonds. The molecule has 1 saturated carbocycles. The van der Waals surface area contributed by atoms with E-state index >= 15 is 0 Å². The monoisotopic (exact) mass is 628 g/mol. The van der Waals surface area contributed by atoms with Gasteiger partial charge >= 0.3 is 5.97 Å². The Morgan fingerprint density at radius 2 is 1.62 bits per heavy atom. The fourth-order valence-corrected chi connectivity index (χ4v) is 5.78. The van der Waals surface area contributed by atoms with E-state index in [1.165, 1.54) is 5.56 Å². The van der Waals surface area contributed by atoms with Crippen molar-refractivity contribution in [3.63, 3.8) is 0 Å². The molecule has 0 aliphatic heterocycles. The van der Waals surface area contributed by atoms with Crippen LogP contribution in [-0.4, -0.2) is 67.4 Å². The van der Waals surface area contributed by atoms with Gasteiger partial charge in [0.25, 0.3) is 0 Å². The van der Waals surface area contributed by atoms with Crippen molar-refractivity contribution in [1.82, 2.24) is 10.7 Å². The molecule has 2 aromatic rings. The molecular formula is C34H48N2O9. The Hall–Kier alpha value is -3.16. The number of hydrogen-bond donors (Lipinski definition) is 6. The maximum absolute atomic E-state index is 12.4.